The minimum atomic E-state index is -0.300. The van der Waals surface area contributed by atoms with Crippen molar-refractivity contribution in [1.29, 1.82) is 0 Å². The molecule has 2 aliphatic heterocycles. The Morgan fingerprint density at radius 1 is 1.35 bits per heavy atom. The number of piperidine rings is 1. The number of nitrogens with two attached hydrogens (primary N) is 1. The Morgan fingerprint density at radius 3 is 2.60 bits per heavy atom. The molecule has 3 heterocycles. The molecule has 112 valence electrons. The summed E-state index contributed by atoms with van der Waals surface area (Å²) in [5.41, 5.74) is 7.74. The first-order valence-corrected chi connectivity index (χ1v) is 8.48. The molecule has 2 unspecified atom stereocenters. The maximum atomic E-state index is 6.38. The van der Waals surface area contributed by atoms with Crippen molar-refractivity contribution in [3.8, 4) is 0 Å². The fraction of sp³-hybridized carbons (Fsp3) is 0.733. The van der Waals surface area contributed by atoms with E-state index in [1.807, 2.05) is 0 Å². The molecule has 0 bridgehead atoms. The Hall–Kier alpha value is -0.460. The van der Waals surface area contributed by atoms with Crippen LogP contribution in [0.3, 0.4) is 0 Å². The molecular weight excluding hydrogens is 272 g/mol. The van der Waals surface area contributed by atoms with Crippen molar-refractivity contribution in [3.05, 3.63) is 22.4 Å². The van der Waals surface area contributed by atoms with Gasteiger partial charge in [-0.25, -0.2) is 0 Å². The highest BCUT2D eigenvalue weighted by molar-refractivity contribution is 7.07. The van der Waals surface area contributed by atoms with Crippen LogP contribution in [0.25, 0.3) is 0 Å². The van der Waals surface area contributed by atoms with Crippen LogP contribution in [0, 0.1) is 0 Å². The van der Waals surface area contributed by atoms with Crippen LogP contribution < -0.4 is 5.73 Å². The summed E-state index contributed by atoms with van der Waals surface area (Å²) >= 11 is 1.75. The molecular formula is C15H24N2O2S. The Morgan fingerprint density at radius 2 is 2.05 bits per heavy atom. The lowest BCUT2D eigenvalue weighted by Crippen LogP contribution is -2.49. The summed E-state index contributed by atoms with van der Waals surface area (Å²) < 4.78 is 11.6. The molecule has 2 saturated heterocycles. The van der Waals surface area contributed by atoms with E-state index in [0.717, 1.165) is 45.6 Å². The average Bonchev–Trinajstić information content (AvgIpc) is 3.14. The summed E-state index contributed by atoms with van der Waals surface area (Å²) in [5, 5.41) is 4.37. The van der Waals surface area contributed by atoms with Crippen molar-refractivity contribution in [2.24, 2.45) is 5.73 Å². The predicted octanol–water partition coefficient (Wildman–Crippen LogP) is 2.37. The lowest BCUT2D eigenvalue weighted by Gasteiger charge is -2.42. The summed E-state index contributed by atoms with van der Waals surface area (Å²) in [7, 11) is 0. The largest absolute Gasteiger partial charge is 0.347 e. The van der Waals surface area contributed by atoms with Crippen LogP contribution in [0.2, 0.25) is 0 Å². The van der Waals surface area contributed by atoms with Gasteiger partial charge in [0.05, 0.1) is 19.3 Å². The van der Waals surface area contributed by atoms with Gasteiger partial charge >= 0.3 is 0 Å². The van der Waals surface area contributed by atoms with E-state index in [4.69, 9.17) is 15.2 Å². The van der Waals surface area contributed by atoms with Gasteiger partial charge in [0, 0.05) is 32.0 Å². The fourth-order valence-corrected chi connectivity index (χ4v) is 4.01. The monoisotopic (exact) mass is 296 g/mol. The standard InChI is InChI=1S/C15H24N2O2S/c1-2-13(16)14(12-3-10-20-11-12)17-6-4-15(5-7-17)18-8-9-19-15/h3,10-11,13-14H,2,4-9,16H2,1H3. The van der Waals surface area contributed by atoms with E-state index >= 15 is 0 Å². The molecule has 0 aromatic carbocycles. The number of rotatable bonds is 4. The van der Waals surface area contributed by atoms with Crippen molar-refractivity contribution < 1.29 is 9.47 Å². The third-order valence-corrected chi connectivity index (χ3v) is 5.23. The van der Waals surface area contributed by atoms with E-state index in [1.165, 1.54) is 5.56 Å². The van der Waals surface area contributed by atoms with Crippen molar-refractivity contribution in [1.82, 2.24) is 4.90 Å². The van der Waals surface area contributed by atoms with Gasteiger partial charge in [-0.1, -0.05) is 6.92 Å². The van der Waals surface area contributed by atoms with Gasteiger partial charge in [-0.05, 0) is 28.8 Å². The maximum absolute atomic E-state index is 6.38. The first kappa shape index (κ1) is 14.5. The molecule has 20 heavy (non-hydrogen) atoms. The summed E-state index contributed by atoms with van der Waals surface area (Å²) in [6, 6.07) is 2.71. The molecule has 4 nitrogen and oxygen atoms in total. The van der Waals surface area contributed by atoms with Gasteiger partial charge in [0.25, 0.3) is 0 Å². The SMILES string of the molecule is CCC(N)C(c1ccsc1)N1CCC2(CC1)OCCO2. The second-order valence-corrected chi connectivity index (χ2v) is 6.50. The highest BCUT2D eigenvalue weighted by Crippen LogP contribution is 2.36. The Kier molecular flexibility index (Phi) is 4.43. The average molecular weight is 296 g/mol. The third kappa shape index (κ3) is 2.78. The number of thiophene rings is 1. The zero-order valence-electron chi connectivity index (χ0n) is 12.1. The van der Waals surface area contributed by atoms with Gasteiger partial charge < -0.3 is 15.2 Å². The van der Waals surface area contributed by atoms with E-state index in [9.17, 15) is 0 Å². The molecule has 2 N–H and O–H groups in total. The third-order valence-electron chi connectivity index (χ3n) is 4.53. The molecule has 1 aromatic heterocycles. The van der Waals surface area contributed by atoms with E-state index in [-0.39, 0.29) is 11.8 Å². The van der Waals surface area contributed by atoms with Crippen LogP contribution in [0.4, 0.5) is 0 Å². The van der Waals surface area contributed by atoms with E-state index < -0.39 is 0 Å². The highest BCUT2D eigenvalue weighted by Gasteiger charge is 2.41. The molecule has 2 atom stereocenters. The van der Waals surface area contributed by atoms with E-state index in [1.54, 1.807) is 11.3 Å². The lowest BCUT2D eigenvalue weighted by molar-refractivity contribution is -0.188. The second-order valence-electron chi connectivity index (χ2n) is 5.72. The highest BCUT2D eigenvalue weighted by atomic mass is 32.1. The van der Waals surface area contributed by atoms with Crippen LogP contribution >= 0.6 is 11.3 Å². The van der Waals surface area contributed by atoms with Crippen molar-refractivity contribution in [2.45, 2.75) is 44.1 Å². The smallest absolute Gasteiger partial charge is 0.170 e. The predicted molar refractivity (Wildman–Crippen MR) is 80.8 cm³/mol. The molecule has 0 radical (unpaired) electrons. The van der Waals surface area contributed by atoms with Gasteiger partial charge in [-0.2, -0.15) is 11.3 Å². The van der Waals surface area contributed by atoms with Gasteiger partial charge in [-0.15, -0.1) is 0 Å². The number of hydrogen-bond donors (Lipinski definition) is 1. The van der Waals surface area contributed by atoms with E-state index in [2.05, 4.69) is 28.7 Å². The molecule has 0 amide bonds. The van der Waals surface area contributed by atoms with Crippen LogP contribution in [-0.4, -0.2) is 43.0 Å². The summed E-state index contributed by atoms with van der Waals surface area (Å²) in [6.07, 6.45) is 2.89. The number of ether oxygens (including phenoxy) is 2. The first-order valence-electron chi connectivity index (χ1n) is 7.54. The number of hydrogen-bond acceptors (Lipinski definition) is 5. The quantitative estimate of drug-likeness (QED) is 0.926. The fourth-order valence-electron chi connectivity index (χ4n) is 3.32. The zero-order chi connectivity index (χ0) is 14.0. The molecule has 5 heteroatoms. The molecule has 1 spiro atoms. The molecule has 1 aromatic rings. The zero-order valence-corrected chi connectivity index (χ0v) is 12.9. The van der Waals surface area contributed by atoms with Crippen LogP contribution in [0.5, 0.6) is 0 Å². The molecule has 2 aliphatic rings. The summed E-state index contributed by atoms with van der Waals surface area (Å²) in [6.45, 7) is 5.63. The van der Waals surface area contributed by atoms with Gasteiger partial charge in [0.1, 0.15) is 0 Å². The summed E-state index contributed by atoms with van der Waals surface area (Å²) in [4.78, 5) is 2.51. The van der Waals surface area contributed by atoms with Crippen LogP contribution in [0.15, 0.2) is 16.8 Å². The lowest BCUT2D eigenvalue weighted by atomic mass is 9.94. The Bertz CT molecular complexity index is 408. The molecule has 0 aliphatic carbocycles. The topological polar surface area (TPSA) is 47.7 Å². The van der Waals surface area contributed by atoms with Crippen LogP contribution in [-0.2, 0) is 9.47 Å². The molecule has 3 rings (SSSR count). The Labute approximate surface area is 124 Å². The summed E-state index contributed by atoms with van der Waals surface area (Å²) in [5.74, 6) is -0.300. The van der Waals surface area contributed by atoms with Crippen molar-refractivity contribution in [2.75, 3.05) is 26.3 Å². The minimum Gasteiger partial charge on any atom is -0.347 e. The van der Waals surface area contributed by atoms with Crippen LogP contribution in [0.1, 0.15) is 37.8 Å². The van der Waals surface area contributed by atoms with Gasteiger partial charge in [0.15, 0.2) is 5.79 Å². The van der Waals surface area contributed by atoms with Crippen molar-refractivity contribution in [3.63, 3.8) is 0 Å². The number of likely N-dealkylation sites (tertiary alicyclic amines) is 1. The van der Waals surface area contributed by atoms with E-state index in [0.29, 0.717) is 6.04 Å². The molecule has 2 fully saturated rings. The van der Waals surface area contributed by atoms with Gasteiger partial charge in [-0.3, -0.25) is 4.90 Å². The number of nitrogens with zero attached hydrogens (tertiary/aromatic N) is 1. The molecule has 0 saturated carbocycles. The first-order chi connectivity index (χ1) is 9.74. The second kappa shape index (κ2) is 6.12. The van der Waals surface area contributed by atoms with Crippen molar-refractivity contribution >= 4 is 11.3 Å². The maximum Gasteiger partial charge on any atom is 0.170 e. The van der Waals surface area contributed by atoms with Gasteiger partial charge in [0.2, 0.25) is 0 Å². The normalized spacial score (nSPS) is 25.9. The minimum absolute atomic E-state index is 0.184. The Balaban J connectivity index is 1.70.